The molecule has 0 bridgehead atoms. The number of furan rings is 1. The summed E-state index contributed by atoms with van der Waals surface area (Å²) >= 11 is 0. The quantitative estimate of drug-likeness (QED) is 0.383. The third-order valence-corrected chi connectivity index (χ3v) is 2.74. The maximum atomic E-state index is 11.7. The number of carbonyl (C=O) groups excluding carboxylic acids is 1. The van der Waals surface area contributed by atoms with Gasteiger partial charge in [-0.05, 0) is 30.3 Å². The molecule has 0 atom stereocenters. The van der Waals surface area contributed by atoms with Crippen LogP contribution in [0.3, 0.4) is 0 Å². The van der Waals surface area contributed by atoms with Crippen molar-refractivity contribution >= 4 is 16.9 Å². The van der Waals surface area contributed by atoms with E-state index in [4.69, 9.17) is 9.15 Å². The molecule has 0 saturated heterocycles. The molecule has 20 heavy (non-hydrogen) atoms. The Morgan fingerprint density at radius 3 is 2.70 bits per heavy atom. The highest BCUT2D eigenvalue weighted by Gasteiger charge is 2.07. The van der Waals surface area contributed by atoms with Gasteiger partial charge in [0.2, 0.25) is 0 Å². The molecule has 0 aliphatic carbocycles. The highest BCUT2D eigenvalue weighted by atomic mass is 16.5. The van der Waals surface area contributed by atoms with Gasteiger partial charge < -0.3 is 9.15 Å². The second kappa shape index (κ2) is 5.33. The number of rotatable bonds is 1. The molecule has 0 radical (unpaired) electrons. The van der Waals surface area contributed by atoms with Gasteiger partial charge in [-0.1, -0.05) is 30.2 Å². The van der Waals surface area contributed by atoms with Crippen molar-refractivity contribution in [3.05, 3.63) is 66.4 Å². The highest BCUT2D eigenvalue weighted by Crippen LogP contribution is 2.26. The van der Waals surface area contributed by atoms with Crippen LogP contribution in [0.25, 0.3) is 11.0 Å². The minimum atomic E-state index is -0.595. The first-order valence-corrected chi connectivity index (χ1v) is 6.08. The number of hydrogen-bond acceptors (Lipinski definition) is 3. The minimum absolute atomic E-state index is 0.448. The zero-order chi connectivity index (χ0) is 13.8. The van der Waals surface area contributed by atoms with Gasteiger partial charge in [-0.15, -0.1) is 0 Å². The van der Waals surface area contributed by atoms with Crippen molar-refractivity contribution in [1.82, 2.24) is 0 Å². The largest absolute Gasteiger partial charge is 0.464 e. The van der Waals surface area contributed by atoms with Gasteiger partial charge in [0, 0.05) is 11.5 Å². The summed E-state index contributed by atoms with van der Waals surface area (Å²) in [6, 6.07) is 16.3. The van der Waals surface area contributed by atoms with Crippen LogP contribution in [0.2, 0.25) is 0 Å². The molecule has 1 aromatic heterocycles. The lowest BCUT2D eigenvalue weighted by atomic mass is 10.2. The van der Waals surface area contributed by atoms with E-state index in [-0.39, 0.29) is 0 Å². The maximum absolute atomic E-state index is 11.7. The topological polar surface area (TPSA) is 39.4 Å². The van der Waals surface area contributed by atoms with Gasteiger partial charge >= 0.3 is 5.97 Å². The molecule has 0 unspecified atom stereocenters. The minimum Gasteiger partial charge on any atom is -0.464 e. The van der Waals surface area contributed by atoms with Crippen molar-refractivity contribution in [3.8, 4) is 17.6 Å². The van der Waals surface area contributed by atoms with Crippen molar-refractivity contribution in [2.45, 2.75) is 0 Å². The smallest absolute Gasteiger partial charge is 0.390 e. The van der Waals surface area contributed by atoms with Gasteiger partial charge in [0.1, 0.15) is 11.3 Å². The number of ether oxygens (including phenoxy) is 1. The SMILES string of the molecule is O=C(C#Cc1ccccc1)Oc1cccc2occc12. The summed E-state index contributed by atoms with van der Waals surface area (Å²) < 4.78 is 10.5. The Hall–Kier alpha value is -2.99. The zero-order valence-corrected chi connectivity index (χ0v) is 10.5. The van der Waals surface area contributed by atoms with Crippen LogP contribution in [0.4, 0.5) is 0 Å². The van der Waals surface area contributed by atoms with Gasteiger partial charge in [-0.3, -0.25) is 0 Å². The van der Waals surface area contributed by atoms with Crippen molar-refractivity contribution in [3.63, 3.8) is 0 Å². The third-order valence-electron chi connectivity index (χ3n) is 2.74. The van der Waals surface area contributed by atoms with E-state index in [0.29, 0.717) is 11.3 Å². The molecule has 0 spiro atoms. The predicted molar refractivity (Wildman–Crippen MR) is 75.2 cm³/mol. The van der Waals surface area contributed by atoms with Crippen molar-refractivity contribution in [2.75, 3.05) is 0 Å². The second-order valence-electron chi connectivity index (χ2n) is 4.09. The average Bonchev–Trinajstić information content (AvgIpc) is 2.96. The molecule has 1 heterocycles. The van der Waals surface area contributed by atoms with Crippen LogP contribution in [0, 0.1) is 11.8 Å². The molecule has 0 fully saturated rings. The molecule has 96 valence electrons. The molecule has 0 aliphatic rings. The normalized spacial score (nSPS) is 9.80. The summed E-state index contributed by atoms with van der Waals surface area (Å²) in [7, 11) is 0. The second-order valence-corrected chi connectivity index (χ2v) is 4.09. The van der Waals surface area contributed by atoms with Crippen LogP contribution in [-0.2, 0) is 4.79 Å². The number of esters is 1. The molecule has 3 aromatic rings. The fraction of sp³-hybridized carbons (Fsp3) is 0. The van der Waals surface area contributed by atoms with Crippen LogP contribution < -0.4 is 4.74 Å². The molecule has 0 saturated carbocycles. The lowest BCUT2D eigenvalue weighted by Gasteiger charge is -2.00. The van der Waals surface area contributed by atoms with E-state index < -0.39 is 5.97 Å². The van der Waals surface area contributed by atoms with E-state index in [2.05, 4.69) is 11.8 Å². The van der Waals surface area contributed by atoms with Gasteiger partial charge in [-0.25, -0.2) is 4.79 Å². The first kappa shape index (κ1) is 12.1. The molecule has 0 aliphatic heterocycles. The zero-order valence-electron chi connectivity index (χ0n) is 10.5. The Kier molecular flexibility index (Phi) is 3.22. The Labute approximate surface area is 115 Å². The van der Waals surface area contributed by atoms with E-state index in [0.717, 1.165) is 10.9 Å². The van der Waals surface area contributed by atoms with Crippen molar-refractivity contribution in [2.24, 2.45) is 0 Å². The summed E-state index contributed by atoms with van der Waals surface area (Å²) in [5.41, 5.74) is 1.44. The van der Waals surface area contributed by atoms with Gasteiger partial charge in [0.25, 0.3) is 0 Å². The van der Waals surface area contributed by atoms with Crippen LogP contribution in [0.15, 0.2) is 65.3 Å². The lowest BCUT2D eigenvalue weighted by Crippen LogP contribution is -2.04. The number of fused-ring (bicyclic) bond motifs is 1. The Morgan fingerprint density at radius 2 is 1.85 bits per heavy atom. The molecule has 3 rings (SSSR count). The first-order valence-electron chi connectivity index (χ1n) is 6.08. The lowest BCUT2D eigenvalue weighted by molar-refractivity contribution is -0.127. The summed E-state index contributed by atoms with van der Waals surface area (Å²) in [6.07, 6.45) is 1.55. The summed E-state index contributed by atoms with van der Waals surface area (Å²) in [5, 5.41) is 0.752. The molecule has 3 heteroatoms. The first-order chi connectivity index (χ1) is 9.83. The summed E-state index contributed by atoms with van der Waals surface area (Å²) in [6.45, 7) is 0. The Morgan fingerprint density at radius 1 is 1.00 bits per heavy atom. The van der Waals surface area contributed by atoms with Crippen LogP contribution in [0.5, 0.6) is 5.75 Å². The molecular formula is C17H10O3. The molecule has 0 amide bonds. The van der Waals surface area contributed by atoms with Crippen LogP contribution in [-0.4, -0.2) is 5.97 Å². The van der Waals surface area contributed by atoms with Crippen LogP contribution >= 0.6 is 0 Å². The van der Waals surface area contributed by atoms with Gasteiger partial charge in [-0.2, -0.15) is 0 Å². The average molecular weight is 262 g/mol. The van der Waals surface area contributed by atoms with E-state index >= 15 is 0 Å². The maximum Gasteiger partial charge on any atom is 0.390 e. The number of benzene rings is 2. The van der Waals surface area contributed by atoms with Gasteiger partial charge in [0.05, 0.1) is 11.6 Å². The third kappa shape index (κ3) is 2.55. The van der Waals surface area contributed by atoms with E-state index in [9.17, 15) is 4.79 Å². The highest BCUT2D eigenvalue weighted by molar-refractivity contribution is 5.94. The standard InChI is InChI=1S/C17H10O3/c18-17(10-9-13-5-2-1-3-6-13)20-16-8-4-7-15-14(16)11-12-19-15/h1-8,11-12H. The van der Waals surface area contributed by atoms with Crippen LogP contribution in [0.1, 0.15) is 5.56 Å². The van der Waals surface area contributed by atoms with E-state index in [1.807, 2.05) is 36.4 Å². The summed E-state index contributed by atoms with van der Waals surface area (Å²) in [5.74, 6) is 5.07. The summed E-state index contributed by atoms with van der Waals surface area (Å²) in [4.78, 5) is 11.7. The molecule has 2 aromatic carbocycles. The monoisotopic (exact) mass is 262 g/mol. The Bertz CT molecular complexity index is 804. The molecule has 0 N–H and O–H groups in total. The van der Waals surface area contributed by atoms with E-state index in [1.54, 1.807) is 24.5 Å². The Balaban J connectivity index is 1.80. The van der Waals surface area contributed by atoms with Crippen molar-refractivity contribution in [1.29, 1.82) is 0 Å². The predicted octanol–water partition coefficient (Wildman–Crippen LogP) is 3.39. The molecular weight excluding hydrogens is 252 g/mol. The number of carbonyl (C=O) groups is 1. The number of hydrogen-bond donors (Lipinski definition) is 0. The fourth-order valence-corrected chi connectivity index (χ4v) is 1.83. The van der Waals surface area contributed by atoms with Gasteiger partial charge in [0.15, 0.2) is 0 Å². The van der Waals surface area contributed by atoms with E-state index in [1.165, 1.54) is 0 Å². The fourth-order valence-electron chi connectivity index (χ4n) is 1.83. The van der Waals surface area contributed by atoms with Crippen molar-refractivity contribution < 1.29 is 13.9 Å². The molecule has 3 nitrogen and oxygen atoms in total.